The van der Waals surface area contributed by atoms with Crippen LogP contribution < -0.4 is 5.73 Å². The Kier molecular flexibility index (Phi) is 7.57. The molecule has 0 atom stereocenters. The van der Waals surface area contributed by atoms with Crippen molar-refractivity contribution in [1.82, 2.24) is 14.7 Å². The molecule has 200 valence electrons. The molecule has 3 aromatic rings. The first-order valence-electron chi connectivity index (χ1n) is 12.4. The van der Waals surface area contributed by atoms with E-state index >= 15 is 0 Å². The molecule has 2 heterocycles. The van der Waals surface area contributed by atoms with Crippen LogP contribution in [-0.2, 0) is 17.5 Å². The third-order valence-corrected chi connectivity index (χ3v) is 8.33. The fourth-order valence-electron chi connectivity index (χ4n) is 5.07. The van der Waals surface area contributed by atoms with Crippen molar-refractivity contribution >= 4 is 51.5 Å². The highest BCUT2D eigenvalue weighted by Gasteiger charge is 2.36. The Hall–Kier alpha value is -2.82. The van der Waals surface area contributed by atoms with E-state index in [1.54, 1.807) is 30.5 Å². The van der Waals surface area contributed by atoms with E-state index in [9.17, 15) is 22.8 Å². The predicted molar refractivity (Wildman–Crippen MR) is 143 cm³/mol. The number of imide groups is 1. The lowest BCUT2D eigenvalue weighted by Gasteiger charge is -2.27. The summed E-state index contributed by atoms with van der Waals surface area (Å²) in [5, 5.41) is 4.72. The fraction of sp³-hybridized carbons (Fsp3) is 0.370. The van der Waals surface area contributed by atoms with E-state index in [-0.39, 0.29) is 34.3 Å². The number of carbonyl (C=O) groups is 2. The number of rotatable bonds is 6. The van der Waals surface area contributed by atoms with Crippen LogP contribution in [0.25, 0.3) is 17.0 Å². The smallest absolute Gasteiger partial charge is 0.328 e. The summed E-state index contributed by atoms with van der Waals surface area (Å²) in [6.45, 7) is 0.318. The van der Waals surface area contributed by atoms with Crippen LogP contribution in [-0.4, -0.2) is 38.4 Å². The molecule has 1 aliphatic heterocycles. The SMILES string of the molecule is NC1CCC(CCN2C(=O)SC(=Cc3ccc4c(cnn4Cc4ccc(Cl)cc4C(F)(F)F)c3)C2=O)CC1. The van der Waals surface area contributed by atoms with Gasteiger partial charge in [0.1, 0.15) is 0 Å². The van der Waals surface area contributed by atoms with Crippen LogP contribution in [0.4, 0.5) is 18.0 Å². The van der Waals surface area contributed by atoms with Crippen molar-refractivity contribution in [1.29, 1.82) is 0 Å². The molecule has 1 aromatic heterocycles. The maximum atomic E-state index is 13.5. The number of benzene rings is 2. The Morgan fingerprint density at radius 2 is 1.87 bits per heavy atom. The third kappa shape index (κ3) is 5.77. The zero-order valence-electron chi connectivity index (χ0n) is 20.4. The molecule has 0 bridgehead atoms. The van der Waals surface area contributed by atoms with Crippen molar-refractivity contribution in [3.8, 4) is 0 Å². The Balaban J connectivity index is 1.30. The predicted octanol–water partition coefficient (Wildman–Crippen LogP) is 6.70. The summed E-state index contributed by atoms with van der Waals surface area (Å²) in [6, 6.07) is 9.25. The molecule has 0 radical (unpaired) electrons. The first-order valence-corrected chi connectivity index (χ1v) is 13.6. The molecule has 2 aromatic carbocycles. The van der Waals surface area contributed by atoms with Gasteiger partial charge in [-0.1, -0.05) is 23.7 Å². The molecule has 2 amide bonds. The first kappa shape index (κ1) is 26.8. The van der Waals surface area contributed by atoms with Gasteiger partial charge in [0.05, 0.1) is 28.7 Å². The first-order chi connectivity index (χ1) is 18.1. The molecule has 0 unspecified atom stereocenters. The van der Waals surface area contributed by atoms with Crippen molar-refractivity contribution in [2.75, 3.05) is 6.54 Å². The molecule has 2 N–H and O–H groups in total. The van der Waals surface area contributed by atoms with Crippen LogP contribution in [0.1, 0.15) is 48.8 Å². The molecule has 2 fully saturated rings. The summed E-state index contributed by atoms with van der Waals surface area (Å²) in [5.74, 6) is 0.179. The Morgan fingerprint density at radius 3 is 2.61 bits per heavy atom. The van der Waals surface area contributed by atoms with Gasteiger partial charge < -0.3 is 5.73 Å². The van der Waals surface area contributed by atoms with Gasteiger partial charge in [0, 0.05) is 23.0 Å². The molecule has 2 aliphatic rings. The lowest BCUT2D eigenvalue weighted by atomic mass is 9.84. The molecular weight excluding hydrogens is 537 g/mol. The van der Waals surface area contributed by atoms with Gasteiger partial charge in [0.15, 0.2) is 0 Å². The molecule has 11 heteroatoms. The summed E-state index contributed by atoms with van der Waals surface area (Å²) in [5.41, 5.74) is 6.57. The minimum atomic E-state index is -4.54. The lowest BCUT2D eigenvalue weighted by molar-refractivity contribution is -0.138. The number of amides is 2. The Morgan fingerprint density at radius 1 is 1.11 bits per heavy atom. The second-order valence-electron chi connectivity index (χ2n) is 9.82. The van der Waals surface area contributed by atoms with E-state index in [0.29, 0.717) is 33.8 Å². The summed E-state index contributed by atoms with van der Waals surface area (Å²) < 4.78 is 42.0. The van der Waals surface area contributed by atoms with Crippen molar-refractivity contribution < 1.29 is 22.8 Å². The monoisotopic (exact) mass is 562 g/mol. The molecule has 6 nitrogen and oxygen atoms in total. The number of aromatic nitrogens is 2. The molecule has 38 heavy (non-hydrogen) atoms. The number of halogens is 4. The molecule has 1 saturated heterocycles. The largest absolute Gasteiger partial charge is 0.416 e. The van der Waals surface area contributed by atoms with Crippen molar-refractivity contribution in [2.45, 2.75) is 50.9 Å². The molecule has 5 rings (SSSR count). The Labute approximate surface area is 227 Å². The van der Waals surface area contributed by atoms with E-state index in [2.05, 4.69) is 5.10 Å². The van der Waals surface area contributed by atoms with Gasteiger partial charge in [-0.05, 0) is 91.3 Å². The number of nitrogens with zero attached hydrogens (tertiary/aromatic N) is 3. The average Bonchev–Trinajstić information content (AvgIpc) is 3.38. The van der Waals surface area contributed by atoms with Gasteiger partial charge >= 0.3 is 6.18 Å². The third-order valence-electron chi connectivity index (χ3n) is 7.19. The van der Waals surface area contributed by atoms with Gasteiger partial charge in [-0.25, -0.2) is 0 Å². The number of hydrogen-bond donors (Lipinski definition) is 1. The average molecular weight is 563 g/mol. The second kappa shape index (κ2) is 10.7. The topological polar surface area (TPSA) is 81.2 Å². The summed E-state index contributed by atoms with van der Waals surface area (Å²) in [6.07, 6.45) is 3.49. The number of hydrogen-bond acceptors (Lipinski definition) is 5. The second-order valence-corrected chi connectivity index (χ2v) is 11.3. The molecule has 1 aliphatic carbocycles. The van der Waals surface area contributed by atoms with Gasteiger partial charge in [-0.2, -0.15) is 18.3 Å². The number of nitrogens with two attached hydrogens (primary N) is 1. The summed E-state index contributed by atoms with van der Waals surface area (Å²) >= 11 is 6.71. The summed E-state index contributed by atoms with van der Waals surface area (Å²) in [4.78, 5) is 27.1. The lowest BCUT2D eigenvalue weighted by Crippen LogP contribution is -2.32. The van der Waals surface area contributed by atoms with Gasteiger partial charge in [0.2, 0.25) is 0 Å². The highest BCUT2D eigenvalue weighted by Crippen LogP contribution is 2.36. The van der Waals surface area contributed by atoms with Crippen LogP contribution in [0.3, 0.4) is 0 Å². The maximum Gasteiger partial charge on any atom is 0.416 e. The van der Waals surface area contributed by atoms with E-state index in [1.807, 2.05) is 0 Å². The van der Waals surface area contributed by atoms with Gasteiger partial charge in [0.25, 0.3) is 11.1 Å². The highest BCUT2D eigenvalue weighted by atomic mass is 35.5. The quantitative estimate of drug-likeness (QED) is 0.338. The minimum Gasteiger partial charge on any atom is -0.328 e. The normalized spacial score (nSPS) is 21.7. The molecular formula is C27H26ClF3N4O2S. The van der Waals surface area contributed by atoms with E-state index < -0.39 is 11.7 Å². The number of alkyl halides is 3. The summed E-state index contributed by atoms with van der Waals surface area (Å²) in [7, 11) is 0. The van der Waals surface area contributed by atoms with Crippen LogP contribution in [0.15, 0.2) is 47.5 Å². The van der Waals surface area contributed by atoms with Gasteiger partial charge in [-0.15, -0.1) is 0 Å². The highest BCUT2D eigenvalue weighted by molar-refractivity contribution is 8.18. The Bertz CT molecular complexity index is 1410. The van der Waals surface area contributed by atoms with Crippen LogP contribution >= 0.6 is 23.4 Å². The molecule has 1 saturated carbocycles. The van der Waals surface area contributed by atoms with Gasteiger partial charge in [-0.3, -0.25) is 19.2 Å². The van der Waals surface area contributed by atoms with Crippen molar-refractivity contribution in [2.24, 2.45) is 11.7 Å². The number of fused-ring (bicyclic) bond motifs is 1. The number of carbonyl (C=O) groups excluding carboxylic acids is 2. The van der Waals surface area contributed by atoms with E-state index in [4.69, 9.17) is 17.3 Å². The van der Waals surface area contributed by atoms with E-state index in [1.165, 1.54) is 21.7 Å². The van der Waals surface area contributed by atoms with Crippen LogP contribution in [0.2, 0.25) is 5.02 Å². The van der Waals surface area contributed by atoms with Crippen molar-refractivity contribution in [3.63, 3.8) is 0 Å². The standard InChI is InChI=1S/C27H26ClF3N4O2S/c28-20-5-4-18(22(13-20)27(29,30)31)15-35-23-8-3-17(11-19(23)14-33-35)12-24-25(36)34(26(37)38-24)10-9-16-1-6-21(32)7-2-16/h3-5,8,11-14,16,21H,1-2,6-7,9-10,15,32H2. The van der Waals surface area contributed by atoms with Crippen LogP contribution in [0.5, 0.6) is 0 Å². The van der Waals surface area contributed by atoms with Crippen LogP contribution in [0, 0.1) is 5.92 Å². The zero-order chi connectivity index (χ0) is 27.0. The molecule has 0 spiro atoms. The number of thioether (sulfide) groups is 1. The fourth-order valence-corrected chi connectivity index (χ4v) is 6.10. The van der Waals surface area contributed by atoms with E-state index in [0.717, 1.165) is 49.9 Å². The minimum absolute atomic E-state index is 0.0131. The maximum absolute atomic E-state index is 13.5. The zero-order valence-corrected chi connectivity index (χ0v) is 22.0. The van der Waals surface area contributed by atoms with Crippen molar-refractivity contribution in [3.05, 3.63) is 69.2 Å².